The van der Waals surface area contributed by atoms with Crippen molar-refractivity contribution in [2.45, 2.75) is 38.1 Å². The highest BCUT2D eigenvalue weighted by Crippen LogP contribution is 2.37. The Hall–Kier alpha value is -1.77. The van der Waals surface area contributed by atoms with Crippen LogP contribution in [-0.2, 0) is 0 Å². The number of imidazole rings is 1. The Labute approximate surface area is 108 Å². The van der Waals surface area contributed by atoms with Gasteiger partial charge in [0.2, 0.25) is 5.95 Å². The highest BCUT2D eigenvalue weighted by Gasteiger charge is 2.35. The lowest BCUT2D eigenvalue weighted by Gasteiger charge is -2.42. The van der Waals surface area contributed by atoms with Crippen molar-refractivity contribution in [3.05, 3.63) is 42.7 Å². The molecule has 0 radical (unpaired) electrons. The lowest BCUT2D eigenvalue weighted by atomic mass is 9.75. The van der Waals surface area contributed by atoms with Crippen LogP contribution in [0.1, 0.15) is 32.6 Å². The summed E-state index contributed by atoms with van der Waals surface area (Å²) in [6.07, 6.45) is 8.87. The maximum absolute atomic E-state index is 4.46. The van der Waals surface area contributed by atoms with E-state index in [1.165, 1.54) is 19.3 Å². The summed E-state index contributed by atoms with van der Waals surface area (Å²) in [5.41, 5.74) is 1.43. The molecule has 94 valence electrons. The number of hydrogen-bond donors (Lipinski definition) is 1. The second-order valence-electron chi connectivity index (χ2n) is 5.07. The van der Waals surface area contributed by atoms with Gasteiger partial charge in [-0.1, -0.05) is 25.1 Å². The average molecular weight is 241 g/mol. The van der Waals surface area contributed by atoms with Crippen LogP contribution in [0.15, 0.2) is 42.7 Å². The SMILES string of the molecule is CCC1(Nc2nccn2-c2ccccc2)CCC1. The number of hydrogen-bond acceptors (Lipinski definition) is 2. The molecule has 0 unspecified atom stereocenters. The predicted molar refractivity (Wildman–Crippen MR) is 74.1 cm³/mol. The standard InChI is InChI=1S/C15H19N3/c1-2-15(9-6-10-15)17-14-16-11-12-18(14)13-7-4-3-5-8-13/h3-5,7-8,11-12H,2,6,9-10H2,1H3,(H,16,17). The first-order valence-corrected chi connectivity index (χ1v) is 6.70. The molecule has 1 saturated carbocycles. The second-order valence-corrected chi connectivity index (χ2v) is 5.07. The molecule has 1 fully saturated rings. The molecule has 1 aliphatic rings. The number of nitrogens with zero attached hydrogens (tertiary/aromatic N) is 2. The molecule has 0 atom stereocenters. The molecule has 0 aliphatic heterocycles. The first-order valence-electron chi connectivity index (χ1n) is 6.70. The van der Waals surface area contributed by atoms with Crippen LogP contribution in [0.2, 0.25) is 0 Å². The third-order valence-corrected chi connectivity index (χ3v) is 4.04. The predicted octanol–water partition coefficient (Wildman–Crippen LogP) is 3.62. The van der Waals surface area contributed by atoms with Gasteiger partial charge >= 0.3 is 0 Å². The van der Waals surface area contributed by atoms with E-state index in [4.69, 9.17) is 0 Å². The van der Waals surface area contributed by atoms with Crippen molar-refractivity contribution in [3.63, 3.8) is 0 Å². The average Bonchev–Trinajstić information content (AvgIpc) is 2.83. The van der Waals surface area contributed by atoms with Crippen LogP contribution in [0.3, 0.4) is 0 Å². The van der Waals surface area contributed by atoms with Crippen LogP contribution in [-0.4, -0.2) is 15.1 Å². The van der Waals surface area contributed by atoms with Crippen LogP contribution in [0.25, 0.3) is 5.69 Å². The molecule has 1 heterocycles. The first-order chi connectivity index (χ1) is 8.83. The minimum atomic E-state index is 0.276. The van der Waals surface area contributed by atoms with E-state index in [2.05, 4.69) is 46.1 Å². The van der Waals surface area contributed by atoms with Crippen molar-refractivity contribution in [1.29, 1.82) is 0 Å². The van der Waals surface area contributed by atoms with Gasteiger partial charge in [0, 0.05) is 23.6 Å². The fourth-order valence-corrected chi connectivity index (χ4v) is 2.60. The van der Waals surface area contributed by atoms with Crippen LogP contribution in [0, 0.1) is 0 Å². The van der Waals surface area contributed by atoms with Crippen molar-refractivity contribution in [1.82, 2.24) is 9.55 Å². The van der Waals surface area contributed by atoms with Gasteiger partial charge in [0.05, 0.1) is 0 Å². The molecule has 0 saturated heterocycles. The molecule has 0 amide bonds. The van der Waals surface area contributed by atoms with E-state index >= 15 is 0 Å². The quantitative estimate of drug-likeness (QED) is 0.886. The van der Waals surface area contributed by atoms with Crippen molar-refractivity contribution >= 4 is 5.95 Å². The van der Waals surface area contributed by atoms with E-state index in [1.54, 1.807) is 0 Å². The summed E-state index contributed by atoms with van der Waals surface area (Å²) in [7, 11) is 0. The minimum Gasteiger partial charge on any atom is -0.350 e. The number of benzene rings is 1. The van der Waals surface area contributed by atoms with E-state index in [0.29, 0.717) is 0 Å². The lowest BCUT2D eigenvalue weighted by molar-refractivity contribution is 0.267. The second kappa shape index (κ2) is 4.48. The van der Waals surface area contributed by atoms with E-state index in [9.17, 15) is 0 Å². The van der Waals surface area contributed by atoms with Crippen molar-refractivity contribution in [2.24, 2.45) is 0 Å². The van der Waals surface area contributed by atoms with Gasteiger partial charge in [-0.3, -0.25) is 4.57 Å². The summed E-state index contributed by atoms with van der Waals surface area (Å²) in [4.78, 5) is 4.46. The Bertz CT molecular complexity index is 506. The molecule has 1 N–H and O–H groups in total. The van der Waals surface area contributed by atoms with E-state index in [0.717, 1.165) is 18.1 Å². The molecule has 2 aromatic rings. The normalized spacial score (nSPS) is 17.2. The summed E-state index contributed by atoms with van der Waals surface area (Å²) < 4.78 is 2.12. The third kappa shape index (κ3) is 1.90. The van der Waals surface area contributed by atoms with Crippen molar-refractivity contribution in [3.8, 4) is 5.69 Å². The Kier molecular flexibility index (Phi) is 2.82. The van der Waals surface area contributed by atoms with E-state index in [-0.39, 0.29) is 5.54 Å². The molecule has 1 aromatic carbocycles. The monoisotopic (exact) mass is 241 g/mol. The highest BCUT2D eigenvalue weighted by atomic mass is 15.2. The van der Waals surface area contributed by atoms with E-state index < -0.39 is 0 Å². The van der Waals surface area contributed by atoms with Gasteiger partial charge in [0.1, 0.15) is 0 Å². The van der Waals surface area contributed by atoms with Crippen molar-refractivity contribution in [2.75, 3.05) is 5.32 Å². The lowest BCUT2D eigenvalue weighted by Crippen LogP contribution is -2.45. The summed E-state index contributed by atoms with van der Waals surface area (Å²) in [6, 6.07) is 10.3. The van der Waals surface area contributed by atoms with Crippen LogP contribution in [0.5, 0.6) is 0 Å². The summed E-state index contributed by atoms with van der Waals surface area (Å²) in [5.74, 6) is 0.961. The summed E-state index contributed by atoms with van der Waals surface area (Å²) >= 11 is 0. The molecule has 18 heavy (non-hydrogen) atoms. The Morgan fingerprint density at radius 3 is 2.67 bits per heavy atom. The Morgan fingerprint density at radius 2 is 2.06 bits per heavy atom. The zero-order valence-corrected chi connectivity index (χ0v) is 10.8. The summed E-state index contributed by atoms with van der Waals surface area (Å²) in [5, 5.41) is 3.64. The first kappa shape index (κ1) is 11.3. The van der Waals surface area contributed by atoms with Gasteiger partial charge in [0.15, 0.2) is 0 Å². The molecule has 3 rings (SSSR count). The molecule has 1 aromatic heterocycles. The smallest absolute Gasteiger partial charge is 0.207 e. The maximum Gasteiger partial charge on any atom is 0.207 e. The number of para-hydroxylation sites is 1. The molecular weight excluding hydrogens is 222 g/mol. The van der Waals surface area contributed by atoms with Gasteiger partial charge in [0.25, 0.3) is 0 Å². The molecule has 3 nitrogen and oxygen atoms in total. The summed E-state index contributed by atoms with van der Waals surface area (Å²) in [6.45, 7) is 2.25. The Morgan fingerprint density at radius 1 is 1.28 bits per heavy atom. The fourth-order valence-electron chi connectivity index (χ4n) is 2.60. The Balaban J connectivity index is 1.88. The molecule has 1 aliphatic carbocycles. The van der Waals surface area contributed by atoms with Crippen LogP contribution < -0.4 is 5.32 Å². The van der Waals surface area contributed by atoms with Crippen molar-refractivity contribution < 1.29 is 0 Å². The van der Waals surface area contributed by atoms with Gasteiger partial charge in [-0.05, 0) is 37.8 Å². The van der Waals surface area contributed by atoms with Crippen LogP contribution in [0.4, 0.5) is 5.95 Å². The molecular formula is C15H19N3. The molecule has 0 bridgehead atoms. The number of aromatic nitrogens is 2. The van der Waals surface area contributed by atoms with Crippen LogP contribution >= 0.6 is 0 Å². The van der Waals surface area contributed by atoms with Gasteiger partial charge in [-0.15, -0.1) is 0 Å². The maximum atomic E-state index is 4.46. The zero-order chi connectivity index (χ0) is 12.4. The fraction of sp³-hybridized carbons (Fsp3) is 0.400. The van der Waals surface area contributed by atoms with Gasteiger partial charge in [-0.25, -0.2) is 4.98 Å². The molecule has 0 spiro atoms. The number of rotatable bonds is 4. The van der Waals surface area contributed by atoms with E-state index in [1.807, 2.05) is 18.5 Å². The number of nitrogens with one attached hydrogen (secondary N) is 1. The highest BCUT2D eigenvalue weighted by molar-refractivity contribution is 5.43. The number of anilines is 1. The zero-order valence-electron chi connectivity index (χ0n) is 10.8. The minimum absolute atomic E-state index is 0.276. The van der Waals surface area contributed by atoms with Gasteiger partial charge in [-0.2, -0.15) is 0 Å². The third-order valence-electron chi connectivity index (χ3n) is 4.04. The largest absolute Gasteiger partial charge is 0.350 e. The topological polar surface area (TPSA) is 29.9 Å². The molecule has 3 heteroatoms. The van der Waals surface area contributed by atoms with Gasteiger partial charge < -0.3 is 5.32 Å².